The van der Waals surface area contributed by atoms with Crippen LogP contribution in [-0.4, -0.2) is 29.3 Å². The van der Waals surface area contributed by atoms with Crippen molar-refractivity contribution >= 4 is 0 Å². The van der Waals surface area contributed by atoms with Crippen LogP contribution in [0.4, 0.5) is 0 Å². The monoisotopic (exact) mass is 222 g/mol. The lowest BCUT2D eigenvalue weighted by molar-refractivity contribution is 0.464. The summed E-state index contributed by atoms with van der Waals surface area (Å²) >= 11 is 0. The van der Waals surface area contributed by atoms with Crippen molar-refractivity contribution in [1.29, 1.82) is 0 Å². The number of nitrogens with one attached hydrogen (secondary N) is 1. The molecule has 1 saturated heterocycles. The van der Waals surface area contributed by atoms with Gasteiger partial charge in [0.1, 0.15) is 6.33 Å². The molecule has 0 aliphatic carbocycles. The quantitative estimate of drug-likeness (QED) is 0.767. The molecule has 4 heteroatoms. The fourth-order valence-corrected chi connectivity index (χ4v) is 2.18. The highest BCUT2D eigenvalue weighted by atomic mass is 15.6. The van der Waals surface area contributed by atoms with E-state index in [2.05, 4.69) is 26.9 Å². The zero-order valence-electron chi connectivity index (χ0n) is 10.2. The van der Waals surface area contributed by atoms with E-state index in [0.29, 0.717) is 0 Å². The molecule has 16 heavy (non-hydrogen) atoms. The second-order valence-corrected chi connectivity index (χ2v) is 4.42. The summed E-state index contributed by atoms with van der Waals surface area (Å²) in [6.45, 7) is 6.51. The molecule has 1 aliphatic heterocycles. The first-order chi connectivity index (χ1) is 7.92. The lowest BCUT2D eigenvalue weighted by Crippen LogP contribution is -2.40. The maximum atomic E-state index is 4.26. The summed E-state index contributed by atoms with van der Waals surface area (Å²) in [5.41, 5.74) is 1.27. The summed E-state index contributed by atoms with van der Waals surface area (Å²) in [6, 6.07) is 0. The van der Waals surface area contributed by atoms with E-state index in [-0.39, 0.29) is 0 Å². The highest BCUT2D eigenvalue weighted by Gasteiger charge is 2.12. The van der Waals surface area contributed by atoms with E-state index in [1.807, 2.05) is 12.5 Å². The number of piperidine rings is 1. The molecular weight excluding hydrogens is 200 g/mol. The van der Waals surface area contributed by atoms with Crippen LogP contribution in [0.3, 0.4) is 0 Å². The van der Waals surface area contributed by atoms with Gasteiger partial charge in [-0.05, 0) is 32.2 Å². The lowest BCUT2D eigenvalue weighted by Gasteiger charge is -2.30. The Bertz CT molecular complexity index is 302. The van der Waals surface area contributed by atoms with Crippen LogP contribution in [0.5, 0.6) is 0 Å². The van der Waals surface area contributed by atoms with Gasteiger partial charge in [-0.3, -0.25) is 0 Å². The van der Waals surface area contributed by atoms with Crippen molar-refractivity contribution in [2.75, 3.05) is 24.6 Å². The van der Waals surface area contributed by atoms with Crippen LogP contribution in [0.25, 0.3) is 0 Å². The van der Waals surface area contributed by atoms with Gasteiger partial charge in [-0.15, -0.1) is 0 Å². The Hall–Kier alpha value is -1.03. The van der Waals surface area contributed by atoms with E-state index in [4.69, 9.17) is 0 Å². The standard InChI is InChI=1S/C12H22N4/c1-2-6-13-9-12-10-14-11-16(12)15-7-4-3-5-8-15/h10-11,13H,2-9H2,1H3. The maximum Gasteiger partial charge on any atom is 0.114 e. The first-order valence-electron chi connectivity index (χ1n) is 6.39. The van der Waals surface area contributed by atoms with Crippen LogP contribution in [0.2, 0.25) is 0 Å². The fourth-order valence-electron chi connectivity index (χ4n) is 2.18. The van der Waals surface area contributed by atoms with Gasteiger partial charge in [0.2, 0.25) is 0 Å². The summed E-state index contributed by atoms with van der Waals surface area (Å²) in [5, 5.41) is 5.83. The Kier molecular flexibility index (Phi) is 4.22. The number of hydrogen-bond donors (Lipinski definition) is 1. The van der Waals surface area contributed by atoms with Crippen molar-refractivity contribution in [1.82, 2.24) is 15.0 Å². The van der Waals surface area contributed by atoms with E-state index in [0.717, 1.165) is 26.2 Å². The summed E-state index contributed by atoms with van der Waals surface area (Å²) < 4.78 is 2.22. The van der Waals surface area contributed by atoms with Gasteiger partial charge in [-0.25, -0.2) is 9.66 Å². The highest BCUT2D eigenvalue weighted by Crippen LogP contribution is 2.10. The van der Waals surface area contributed by atoms with Crippen LogP contribution < -0.4 is 10.3 Å². The molecule has 90 valence electrons. The minimum atomic E-state index is 0.921. The predicted octanol–water partition coefficient (Wildman–Crippen LogP) is 1.50. The molecule has 0 radical (unpaired) electrons. The Morgan fingerprint density at radius 3 is 2.88 bits per heavy atom. The number of rotatable bonds is 5. The van der Waals surface area contributed by atoms with Crippen LogP contribution in [0.15, 0.2) is 12.5 Å². The molecular formula is C12H22N4. The van der Waals surface area contributed by atoms with Crippen molar-refractivity contribution in [3.05, 3.63) is 18.2 Å². The van der Waals surface area contributed by atoms with Gasteiger partial charge in [-0.1, -0.05) is 6.92 Å². The zero-order valence-corrected chi connectivity index (χ0v) is 10.2. The van der Waals surface area contributed by atoms with Gasteiger partial charge in [-0.2, -0.15) is 0 Å². The largest absolute Gasteiger partial charge is 0.312 e. The molecule has 0 spiro atoms. The van der Waals surface area contributed by atoms with E-state index in [9.17, 15) is 0 Å². The second-order valence-electron chi connectivity index (χ2n) is 4.42. The first-order valence-corrected chi connectivity index (χ1v) is 6.39. The topological polar surface area (TPSA) is 33.1 Å². The van der Waals surface area contributed by atoms with Crippen molar-refractivity contribution in [2.24, 2.45) is 0 Å². The highest BCUT2D eigenvalue weighted by molar-refractivity contribution is 5.04. The molecule has 0 amide bonds. The van der Waals surface area contributed by atoms with Gasteiger partial charge in [0, 0.05) is 19.6 Å². The first kappa shape index (κ1) is 11.5. The van der Waals surface area contributed by atoms with Crippen molar-refractivity contribution < 1.29 is 0 Å². The molecule has 1 aromatic rings. The van der Waals surface area contributed by atoms with Crippen LogP contribution in [0.1, 0.15) is 38.3 Å². The molecule has 0 unspecified atom stereocenters. The maximum absolute atomic E-state index is 4.26. The second kappa shape index (κ2) is 5.89. The third-order valence-electron chi connectivity index (χ3n) is 3.06. The average molecular weight is 222 g/mol. The van der Waals surface area contributed by atoms with E-state index in [1.54, 1.807) is 0 Å². The minimum absolute atomic E-state index is 0.921. The molecule has 4 nitrogen and oxygen atoms in total. The molecule has 2 rings (SSSR count). The number of nitrogens with zero attached hydrogens (tertiary/aromatic N) is 3. The number of hydrogen-bond acceptors (Lipinski definition) is 3. The minimum Gasteiger partial charge on any atom is -0.312 e. The normalized spacial score (nSPS) is 16.7. The number of aromatic nitrogens is 2. The summed E-state index contributed by atoms with van der Waals surface area (Å²) in [6.07, 6.45) is 9.07. The Labute approximate surface area is 97.6 Å². The van der Waals surface area contributed by atoms with Gasteiger partial charge in [0.25, 0.3) is 0 Å². The Morgan fingerprint density at radius 1 is 1.31 bits per heavy atom. The van der Waals surface area contributed by atoms with E-state index in [1.165, 1.54) is 31.4 Å². The molecule has 2 heterocycles. The molecule has 1 N–H and O–H groups in total. The van der Waals surface area contributed by atoms with E-state index >= 15 is 0 Å². The third kappa shape index (κ3) is 2.76. The molecule has 0 atom stereocenters. The summed E-state index contributed by atoms with van der Waals surface area (Å²) in [4.78, 5) is 4.26. The third-order valence-corrected chi connectivity index (χ3v) is 3.06. The SMILES string of the molecule is CCCNCc1cncn1N1CCCCC1. The molecule has 0 bridgehead atoms. The fraction of sp³-hybridized carbons (Fsp3) is 0.750. The molecule has 1 aromatic heterocycles. The predicted molar refractivity (Wildman–Crippen MR) is 66.0 cm³/mol. The van der Waals surface area contributed by atoms with Crippen LogP contribution in [-0.2, 0) is 6.54 Å². The molecule has 0 saturated carbocycles. The summed E-state index contributed by atoms with van der Waals surface area (Å²) in [7, 11) is 0. The molecule has 1 aliphatic rings. The zero-order chi connectivity index (χ0) is 11.2. The van der Waals surface area contributed by atoms with Gasteiger partial charge >= 0.3 is 0 Å². The van der Waals surface area contributed by atoms with Gasteiger partial charge in [0.15, 0.2) is 0 Å². The van der Waals surface area contributed by atoms with Crippen molar-refractivity contribution in [3.8, 4) is 0 Å². The average Bonchev–Trinajstić information content (AvgIpc) is 2.79. The van der Waals surface area contributed by atoms with Crippen LogP contribution in [0, 0.1) is 0 Å². The van der Waals surface area contributed by atoms with Crippen molar-refractivity contribution in [2.45, 2.75) is 39.2 Å². The van der Waals surface area contributed by atoms with E-state index < -0.39 is 0 Å². The van der Waals surface area contributed by atoms with Gasteiger partial charge < -0.3 is 10.3 Å². The number of imidazole rings is 1. The van der Waals surface area contributed by atoms with Crippen LogP contribution >= 0.6 is 0 Å². The molecule has 1 fully saturated rings. The van der Waals surface area contributed by atoms with Crippen molar-refractivity contribution in [3.63, 3.8) is 0 Å². The smallest absolute Gasteiger partial charge is 0.114 e. The molecule has 0 aromatic carbocycles. The lowest BCUT2D eigenvalue weighted by atomic mass is 10.2. The summed E-state index contributed by atoms with van der Waals surface area (Å²) in [5.74, 6) is 0. The van der Waals surface area contributed by atoms with Gasteiger partial charge in [0.05, 0.1) is 11.9 Å². The Morgan fingerprint density at radius 2 is 2.12 bits per heavy atom. The Balaban J connectivity index is 1.94.